The van der Waals surface area contributed by atoms with Crippen molar-refractivity contribution in [2.45, 2.75) is 19.9 Å². The van der Waals surface area contributed by atoms with Gasteiger partial charge in [0.05, 0.1) is 11.7 Å². The molecule has 2 aromatic heterocycles. The highest BCUT2D eigenvalue weighted by molar-refractivity contribution is 7.17. The molecule has 1 atom stereocenters. The van der Waals surface area contributed by atoms with Crippen molar-refractivity contribution in [1.29, 1.82) is 0 Å². The molecule has 2 heterocycles. The zero-order valence-electron chi connectivity index (χ0n) is 13.2. The molecular weight excluding hydrogens is 327 g/mol. The minimum Gasteiger partial charge on any atom is -0.345 e. The van der Waals surface area contributed by atoms with Crippen LogP contribution >= 0.6 is 11.3 Å². The molecule has 3 aromatic rings. The predicted molar refractivity (Wildman–Crippen MR) is 90.2 cm³/mol. The van der Waals surface area contributed by atoms with Gasteiger partial charge in [-0.1, -0.05) is 12.1 Å². The van der Waals surface area contributed by atoms with Crippen molar-refractivity contribution < 1.29 is 9.18 Å². The SMILES string of the molecule is Cc1nc(-c2ncccn2)sc1C(=O)N[C@@H](C)c1cccc(F)c1. The number of rotatable bonds is 4. The molecule has 0 fully saturated rings. The highest BCUT2D eigenvalue weighted by Gasteiger charge is 2.19. The Morgan fingerprint density at radius 3 is 2.71 bits per heavy atom. The van der Waals surface area contributed by atoms with Gasteiger partial charge in [-0.25, -0.2) is 19.3 Å². The number of thiazole rings is 1. The average molecular weight is 342 g/mol. The van der Waals surface area contributed by atoms with Gasteiger partial charge in [-0.3, -0.25) is 4.79 Å². The lowest BCUT2D eigenvalue weighted by atomic mass is 10.1. The first-order valence-corrected chi connectivity index (χ1v) is 8.17. The fourth-order valence-corrected chi connectivity index (χ4v) is 3.15. The molecule has 0 aliphatic heterocycles. The summed E-state index contributed by atoms with van der Waals surface area (Å²) in [7, 11) is 0. The van der Waals surface area contributed by atoms with Crippen LogP contribution in [0.5, 0.6) is 0 Å². The van der Waals surface area contributed by atoms with Crippen LogP contribution in [0, 0.1) is 12.7 Å². The smallest absolute Gasteiger partial charge is 0.263 e. The van der Waals surface area contributed by atoms with E-state index in [-0.39, 0.29) is 17.8 Å². The quantitative estimate of drug-likeness (QED) is 0.787. The van der Waals surface area contributed by atoms with Crippen LogP contribution in [0.2, 0.25) is 0 Å². The average Bonchev–Trinajstić information content (AvgIpc) is 2.97. The Balaban J connectivity index is 1.79. The van der Waals surface area contributed by atoms with Crippen molar-refractivity contribution in [3.05, 3.63) is 64.7 Å². The van der Waals surface area contributed by atoms with E-state index in [0.29, 0.717) is 27.0 Å². The molecule has 1 N–H and O–H groups in total. The van der Waals surface area contributed by atoms with Gasteiger partial charge in [-0.2, -0.15) is 0 Å². The first-order valence-electron chi connectivity index (χ1n) is 7.35. The van der Waals surface area contributed by atoms with Crippen LogP contribution in [-0.4, -0.2) is 20.9 Å². The summed E-state index contributed by atoms with van der Waals surface area (Å²) in [4.78, 5) is 25.7. The van der Waals surface area contributed by atoms with Crippen LogP contribution in [0.3, 0.4) is 0 Å². The molecular formula is C17H15FN4OS. The van der Waals surface area contributed by atoms with Crippen LogP contribution in [0.25, 0.3) is 10.8 Å². The molecule has 5 nitrogen and oxygen atoms in total. The van der Waals surface area contributed by atoms with E-state index in [0.717, 1.165) is 0 Å². The molecule has 1 aromatic carbocycles. The van der Waals surface area contributed by atoms with Crippen LogP contribution in [0.15, 0.2) is 42.7 Å². The highest BCUT2D eigenvalue weighted by atomic mass is 32.1. The number of hydrogen-bond donors (Lipinski definition) is 1. The topological polar surface area (TPSA) is 67.8 Å². The number of nitrogens with one attached hydrogen (secondary N) is 1. The summed E-state index contributed by atoms with van der Waals surface area (Å²) < 4.78 is 13.3. The van der Waals surface area contributed by atoms with Gasteiger partial charge < -0.3 is 5.32 Å². The van der Waals surface area contributed by atoms with E-state index in [2.05, 4.69) is 20.3 Å². The number of hydrogen-bond acceptors (Lipinski definition) is 5. The summed E-state index contributed by atoms with van der Waals surface area (Å²) in [5.41, 5.74) is 1.32. The number of halogens is 1. The number of carbonyl (C=O) groups excluding carboxylic acids is 1. The van der Waals surface area contributed by atoms with Crippen molar-refractivity contribution in [3.8, 4) is 10.8 Å². The number of benzene rings is 1. The zero-order chi connectivity index (χ0) is 17.1. The molecule has 7 heteroatoms. The van der Waals surface area contributed by atoms with E-state index in [4.69, 9.17) is 0 Å². The van der Waals surface area contributed by atoms with E-state index < -0.39 is 0 Å². The number of carbonyl (C=O) groups is 1. The first-order chi connectivity index (χ1) is 11.5. The summed E-state index contributed by atoms with van der Waals surface area (Å²) in [6, 6.07) is 7.59. The van der Waals surface area contributed by atoms with Gasteiger partial charge in [0.1, 0.15) is 10.7 Å². The molecule has 122 valence electrons. The molecule has 0 saturated heterocycles. The Kier molecular flexibility index (Phi) is 4.61. The molecule has 0 spiro atoms. The van der Waals surface area contributed by atoms with Gasteiger partial charge in [0.15, 0.2) is 10.8 Å². The number of aromatic nitrogens is 3. The van der Waals surface area contributed by atoms with E-state index in [9.17, 15) is 9.18 Å². The molecule has 0 bridgehead atoms. The maximum Gasteiger partial charge on any atom is 0.263 e. The predicted octanol–water partition coefficient (Wildman–Crippen LogP) is 3.54. The standard InChI is InChI=1S/C17H15FN4OS/c1-10(12-5-3-6-13(18)9-12)21-16(23)14-11(2)22-17(24-14)15-19-7-4-8-20-15/h3-10H,1-2H3,(H,21,23)/t10-/m0/s1. The maximum atomic E-state index is 13.3. The largest absolute Gasteiger partial charge is 0.345 e. The third-order valence-electron chi connectivity index (χ3n) is 3.46. The number of nitrogens with zero attached hydrogens (tertiary/aromatic N) is 3. The van der Waals surface area contributed by atoms with Crippen LogP contribution in [0.1, 0.15) is 33.9 Å². The minimum atomic E-state index is -0.328. The summed E-state index contributed by atoms with van der Waals surface area (Å²) >= 11 is 1.24. The summed E-state index contributed by atoms with van der Waals surface area (Å²) in [5.74, 6) is -0.0853. The number of aryl methyl sites for hydroxylation is 1. The third-order valence-corrected chi connectivity index (χ3v) is 4.61. The fraction of sp³-hybridized carbons (Fsp3) is 0.176. The second-order valence-corrected chi connectivity index (χ2v) is 6.26. The van der Waals surface area contributed by atoms with Crippen molar-refractivity contribution in [1.82, 2.24) is 20.3 Å². The van der Waals surface area contributed by atoms with Gasteiger partial charge in [-0.05, 0) is 37.6 Å². The Bertz CT molecular complexity index is 866. The van der Waals surface area contributed by atoms with Crippen LogP contribution in [-0.2, 0) is 0 Å². The molecule has 0 aliphatic carbocycles. The molecule has 1 amide bonds. The van der Waals surface area contributed by atoms with Gasteiger partial charge >= 0.3 is 0 Å². The second kappa shape index (κ2) is 6.84. The number of amides is 1. The monoisotopic (exact) mass is 342 g/mol. The molecule has 0 radical (unpaired) electrons. The van der Waals surface area contributed by atoms with Gasteiger partial charge in [-0.15, -0.1) is 11.3 Å². The molecule has 0 unspecified atom stereocenters. The van der Waals surface area contributed by atoms with Crippen molar-refractivity contribution in [2.24, 2.45) is 0 Å². The molecule has 24 heavy (non-hydrogen) atoms. The van der Waals surface area contributed by atoms with Crippen molar-refractivity contribution >= 4 is 17.2 Å². The van der Waals surface area contributed by atoms with E-state index >= 15 is 0 Å². The first kappa shape index (κ1) is 16.2. The Labute approximate surface area is 142 Å². The fourth-order valence-electron chi connectivity index (χ4n) is 2.23. The third kappa shape index (κ3) is 3.46. The van der Waals surface area contributed by atoms with Gasteiger partial charge in [0, 0.05) is 12.4 Å². The summed E-state index contributed by atoms with van der Waals surface area (Å²) in [6.45, 7) is 3.58. The van der Waals surface area contributed by atoms with Crippen molar-refractivity contribution in [2.75, 3.05) is 0 Å². The van der Waals surface area contributed by atoms with E-state index in [1.54, 1.807) is 37.5 Å². The lowest BCUT2D eigenvalue weighted by Crippen LogP contribution is -2.26. The summed E-state index contributed by atoms with van der Waals surface area (Å²) in [5, 5.41) is 3.46. The van der Waals surface area contributed by atoms with E-state index in [1.807, 2.05) is 6.92 Å². The maximum absolute atomic E-state index is 13.3. The van der Waals surface area contributed by atoms with Crippen LogP contribution < -0.4 is 5.32 Å². The Morgan fingerprint density at radius 2 is 2.00 bits per heavy atom. The van der Waals surface area contributed by atoms with Crippen LogP contribution in [0.4, 0.5) is 4.39 Å². The van der Waals surface area contributed by atoms with Gasteiger partial charge in [0.25, 0.3) is 5.91 Å². The lowest BCUT2D eigenvalue weighted by molar-refractivity contribution is 0.0943. The molecule has 0 saturated carbocycles. The Hall–Kier alpha value is -2.67. The minimum absolute atomic E-state index is 0.246. The normalized spacial score (nSPS) is 12.0. The second-order valence-electron chi connectivity index (χ2n) is 5.26. The lowest BCUT2D eigenvalue weighted by Gasteiger charge is -2.13. The van der Waals surface area contributed by atoms with Crippen molar-refractivity contribution in [3.63, 3.8) is 0 Å². The van der Waals surface area contributed by atoms with Gasteiger partial charge in [0.2, 0.25) is 0 Å². The molecule has 0 aliphatic rings. The summed E-state index contributed by atoms with van der Waals surface area (Å²) in [6.07, 6.45) is 3.26. The van der Waals surface area contributed by atoms with E-state index in [1.165, 1.54) is 23.5 Å². The highest BCUT2D eigenvalue weighted by Crippen LogP contribution is 2.25. The zero-order valence-corrected chi connectivity index (χ0v) is 14.0. The molecule has 3 rings (SSSR count). The Morgan fingerprint density at radius 1 is 1.25 bits per heavy atom.